The maximum Gasteiger partial charge on any atom is 0.338 e. The molecule has 0 saturated carbocycles. The van der Waals surface area contributed by atoms with E-state index in [-0.39, 0.29) is 10.0 Å². The highest BCUT2D eigenvalue weighted by atomic mass is 32.2. The van der Waals surface area contributed by atoms with E-state index in [9.17, 15) is 4.79 Å². The molecule has 5 rings (SSSR count). The summed E-state index contributed by atoms with van der Waals surface area (Å²) in [6, 6.07) is 8.41. The molecule has 4 aliphatic heterocycles. The van der Waals surface area contributed by atoms with E-state index >= 15 is 0 Å². The molecule has 0 N–H and O–H groups in total. The second kappa shape index (κ2) is 4.46. The fourth-order valence-electron chi connectivity index (χ4n) is 3.46. The van der Waals surface area contributed by atoms with Crippen LogP contribution in [0.2, 0.25) is 0 Å². The normalized spacial score (nSPS) is 24.1. The van der Waals surface area contributed by atoms with Gasteiger partial charge in [0.25, 0.3) is 0 Å². The van der Waals surface area contributed by atoms with Crippen molar-refractivity contribution in [3.63, 3.8) is 0 Å². The predicted octanol–water partition coefficient (Wildman–Crippen LogP) is 3.31. The summed E-state index contributed by atoms with van der Waals surface area (Å²) in [6.45, 7) is 0.376. The van der Waals surface area contributed by atoms with Gasteiger partial charge in [0, 0.05) is 23.3 Å². The lowest BCUT2D eigenvalue weighted by Gasteiger charge is -2.38. The summed E-state index contributed by atoms with van der Waals surface area (Å²) >= 11 is 3.71. The summed E-state index contributed by atoms with van der Waals surface area (Å²) in [7, 11) is 0. The van der Waals surface area contributed by atoms with Crippen LogP contribution in [0.15, 0.2) is 47.8 Å². The molecule has 4 aliphatic rings. The van der Waals surface area contributed by atoms with E-state index in [2.05, 4.69) is 47.5 Å². The number of esters is 1. The van der Waals surface area contributed by atoms with Crippen LogP contribution in [-0.4, -0.2) is 33.1 Å². The lowest BCUT2D eigenvalue weighted by molar-refractivity contribution is -0.136. The van der Waals surface area contributed by atoms with Crippen LogP contribution < -0.4 is 0 Å². The Morgan fingerprint density at radius 3 is 2.86 bits per heavy atom. The molecule has 22 heavy (non-hydrogen) atoms. The molecule has 1 fully saturated rings. The molecule has 1 aromatic carbocycles. The number of hydrogen-bond donors (Lipinski definition) is 0. The number of thioether (sulfide) groups is 2. The topological polar surface area (TPSA) is 29.5 Å². The molecule has 110 valence electrons. The molecule has 0 unspecified atom stereocenters. The van der Waals surface area contributed by atoms with Crippen LogP contribution in [0.5, 0.6) is 0 Å². The Balaban J connectivity index is 1.76. The van der Waals surface area contributed by atoms with Crippen LogP contribution >= 0.6 is 23.5 Å². The van der Waals surface area contributed by atoms with Crippen LogP contribution in [0.4, 0.5) is 0 Å². The van der Waals surface area contributed by atoms with Gasteiger partial charge in [-0.2, -0.15) is 0 Å². The van der Waals surface area contributed by atoms with Gasteiger partial charge in [-0.25, -0.2) is 4.79 Å². The number of rotatable bonds is 0. The Morgan fingerprint density at radius 2 is 2.00 bits per heavy atom. The number of ether oxygens (including phenoxy) is 1. The van der Waals surface area contributed by atoms with Crippen molar-refractivity contribution >= 4 is 41.3 Å². The van der Waals surface area contributed by atoms with Gasteiger partial charge in [0.15, 0.2) is 0 Å². The molecular weight excluding hydrogens is 314 g/mol. The summed E-state index contributed by atoms with van der Waals surface area (Å²) in [6.07, 6.45) is 6.43. The number of carbonyl (C=O) groups is 1. The molecule has 0 aromatic heterocycles. The maximum absolute atomic E-state index is 12.3. The Morgan fingerprint density at radius 1 is 1.18 bits per heavy atom. The smallest absolute Gasteiger partial charge is 0.338 e. The minimum absolute atomic E-state index is 0.153. The van der Waals surface area contributed by atoms with Crippen molar-refractivity contribution in [1.82, 2.24) is 4.90 Å². The van der Waals surface area contributed by atoms with E-state index in [1.165, 1.54) is 16.8 Å². The average molecular weight is 327 g/mol. The molecule has 0 radical (unpaired) electrons. The van der Waals surface area contributed by atoms with Crippen molar-refractivity contribution in [2.24, 2.45) is 0 Å². The summed E-state index contributed by atoms with van der Waals surface area (Å²) in [5.74, 6) is 1.98. The van der Waals surface area contributed by atoms with Crippen molar-refractivity contribution in [2.75, 3.05) is 18.1 Å². The van der Waals surface area contributed by atoms with Crippen LogP contribution in [-0.2, 0) is 9.53 Å². The van der Waals surface area contributed by atoms with Crippen LogP contribution in [0.3, 0.4) is 0 Å². The zero-order chi connectivity index (χ0) is 14.7. The molecule has 0 amide bonds. The quantitative estimate of drug-likeness (QED) is 0.682. The standard InChI is InChI=1S/C17H13NO2S2/c19-16-15-14(10-20-16)18-6-5-11-3-1-2-4-12(11)13(18)9-17(15)21-7-8-22-17/h1-6,9H,7-8,10H2. The first-order valence-corrected chi connectivity index (χ1v) is 9.24. The minimum atomic E-state index is -0.271. The van der Waals surface area contributed by atoms with Crippen LogP contribution in [0.1, 0.15) is 11.1 Å². The molecule has 3 nitrogen and oxygen atoms in total. The van der Waals surface area contributed by atoms with E-state index in [1.54, 1.807) is 0 Å². The molecule has 0 bridgehead atoms. The van der Waals surface area contributed by atoms with Gasteiger partial charge in [0.1, 0.15) is 10.7 Å². The molecular formula is C17H13NO2S2. The Kier molecular flexibility index (Phi) is 2.62. The number of carbonyl (C=O) groups excluding carboxylic acids is 1. The predicted molar refractivity (Wildman–Crippen MR) is 90.9 cm³/mol. The third kappa shape index (κ3) is 1.58. The molecule has 0 atom stereocenters. The number of fused-ring (bicyclic) bond motifs is 5. The van der Waals surface area contributed by atoms with E-state index in [0.717, 1.165) is 22.8 Å². The van der Waals surface area contributed by atoms with Gasteiger partial charge in [-0.05, 0) is 17.7 Å². The Bertz CT molecular complexity index is 788. The van der Waals surface area contributed by atoms with Crippen molar-refractivity contribution in [2.45, 2.75) is 4.08 Å². The van der Waals surface area contributed by atoms with E-state index in [1.807, 2.05) is 23.5 Å². The van der Waals surface area contributed by atoms with Gasteiger partial charge < -0.3 is 9.64 Å². The lowest BCUT2D eigenvalue weighted by atomic mass is 9.94. The highest BCUT2D eigenvalue weighted by Crippen LogP contribution is 2.57. The minimum Gasteiger partial charge on any atom is -0.456 e. The number of nitrogens with zero attached hydrogens (tertiary/aromatic N) is 1. The Labute approximate surface area is 137 Å². The van der Waals surface area contributed by atoms with Crippen LogP contribution in [0, 0.1) is 0 Å². The fourth-order valence-corrected chi connectivity index (χ4v) is 6.65. The summed E-state index contributed by atoms with van der Waals surface area (Å²) in [4.78, 5) is 14.4. The molecule has 0 aliphatic carbocycles. The number of hydrogen-bond acceptors (Lipinski definition) is 5. The van der Waals surface area contributed by atoms with Gasteiger partial charge in [0.2, 0.25) is 0 Å². The highest BCUT2D eigenvalue weighted by molar-refractivity contribution is 8.22. The van der Waals surface area contributed by atoms with E-state index in [4.69, 9.17) is 4.74 Å². The number of benzene rings is 1. The van der Waals surface area contributed by atoms with E-state index < -0.39 is 0 Å². The number of cyclic esters (lactones) is 1. The van der Waals surface area contributed by atoms with E-state index in [0.29, 0.717) is 6.61 Å². The van der Waals surface area contributed by atoms with Gasteiger partial charge >= 0.3 is 5.97 Å². The first kappa shape index (κ1) is 12.9. The second-order valence-corrected chi connectivity index (χ2v) is 8.50. The molecule has 1 aromatic rings. The maximum atomic E-state index is 12.3. The van der Waals surface area contributed by atoms with Crippen molar-refractivity contribution in [1.29, 1.82) is 0 Å². The average Bonchev–Trinajstić information content (AvgIpc) is 3.16. The Hall–Kier alpha value is -1.59. The lowest BCUT2D eigenvalue weighted by Crippen LogP contribution is -2.33. The fraction of sp³-hybridized carbons (Fsp3) is 0.235. The third-order valence-corrected chi connectivity index (χ3v) is 7.70. The monoisotopic (exact) mass is 327 g/mol. The first-order chi connectivity index (χ1) is 10.8. The van der Waals surface area contributed by atoms with Crippen molar-refractivity contribution < 1.29 is 9.53 Å². The molecule has 5 heteroatoms. The van der Waals surface area contributed by atoms with Gasteiger partial charge in [-0.1, -0.05) is 24.3 Å². The highest BCUT2D eigenvalue weighted by Gasteiger charge is 2.50. The zero-order valence-corrected chi connectivity index (χ0v) is 13.4. The van der Waals surface area contributed by atoms with Gasteiger partial charge in [-0.3, -0.25) is 0 Å². The second-order valence-electron chi connectivity index (χ2n) is 5.56. The first-order valence-electron chi connectivity index (χ1n) is 7.27. The van der Waals surface area contributed by atoms with Crippen molar-refractivity contribution in [3.05, 3.63) is 58.9 Å². The van der Waals surface area contributed by atoms with Gasteiger partial charge in [-0.15, -0.1) is 23.5 Å². The summed E-state index contributed by atoms with van der Waals surface area (Å²) in [5.41, 5.74) is 5.48. The SMILES string of the molecule is O=C1OCC2=C1C1(C=C3c4ccccc4C=CN32)SCCS1. The molecule has 4 heterocycles. The largest absolute Gasteiger partial charge is 0.456 e. The zero-order valence-electron chi connectivity index (χ0n) is 11.7. The molecule has 1 spiro atoms. The van der Waals surface area contributed by atoms with Crippen molar-refractivity contribution in [3.8, 4) is 0 Å². The van der Waals surface area contributed by atoms with Crippen LogP contribution in [0.25, 0.3) is 11.8 Å². The van der Waals surface area contributed by atoms with Gasteiger partial charge in [0.05, 0.1) is 17.0 Å². The summed E-state index contributed by atoms with van der Waals surface area (Å²) < 4.78 is 5.10. The third-order valence-electron chi connectivity index (χ3n) is 4.41. The molecule has 1 saturated heterocycles. The summed E-state index contributed by atoms with van der Waals surface area (Å²) in [5, 5.41) is 0.